The van der Waals surface area contributed by atoms with Gasteiger partial charge >= 0.3 is 0 Å². The lowest BCUT2D eigenvalue weighted by Crippen LogP contribution is -2.59. The summed E-state index contributed by atoms with van der Waals surface area (Å²) in [5.41, 5.74) is 0.336. The van der Waals surface area contributed by atoms with Gasteiger partial charge in [0.25, 0.3) is 0 Å². The summed E-state index contributed by atoms with van der Waals surface area (Å²) >= 11 is 0. The number of likely N-dealkylation sites (tertiary alicyclic amines) is 1. The third kappa shape index (κ3) is 6.66. The van der Waals surface area contributed by atoms with Crippen molar-refractivity contribution >= 4 is 0 Å². The summed E-state index contributed by atoms with van der Waals surface area (Å²) < 4.78 is 6.15. The molecule has 29 heavy (non-hydrogen) atoms. The lowest BCUT2D eigenvalue weighted by molar-refractivity contribution is -0.120. The van der Waals surface area contributed by atoms with Gasteiger partial charge in [0.2, 0.25) is 0 Å². The molecule has 0 spiro atoms. The number of hydrogen-bond acceptors (Lipinski definition) is 4. The standard InChI is InChI=1S/C25H49N3O/c1-19-15-26(17-21-9-11-27(12-10-21)24(3,4)5)16-20(2)28(19)18-22-13-23(14-22)29-25(6,7)8/h19-23H,9-18H2,1-8H3. The van der Waals surface area contributed by atoms with E-state index in [1.165, 1.54) is 65.0 Å². The van der Waals surface area contributed by atoms with Gasteiger partial charge in [-0.2, -0.15) is 0 Å². The Labute approximate surface area is 181 Å². The molecule has 2 saturated heterocycles. The highest BCUT2D eigenvalue weighted by molar-refractivity contribution is 4.92. The van der Waals surface area contributed by atoms with Crippen molar-refractivity contribution in [2.45, 2.75) is 110 Å². The Morgan fingerprint density at radius 1 is 0.793 bits per heavy atom. The number of hydrogen-bond donors (Lipinski definition) is 0. The second-order valence-corrected chi connectivity index (χ2v) is 12.4. The Morgan fingerprint density at radius 2 is 1.34 bits per heavy atom. The lowest BCUT2D eigenvalue weighted by Gasteiger charge is -2.49. The molecule has 2 aliphatic heterocycles. The van der Waals surface area contributed by atoms with Crippen LogP contribution in [0.4, 0.5) is 0 Å². The summed E-state index contributed by atoms with van der Waals surface area (Å²) in [6, 6.07) is 1.35. The molecule has 2 unspecified atom stereocenters. The van der Waals surface area contributed by atoms with Gasteiger partial charge in [0.1, 0.15) is 0 Å². The summed E-state index contributed by atoms with van der Waals surface area (Å²) in [6.07, 6.45) is 5.74. The van der Waals surface area contributed by atoms with Crippen LogP contribution in [0.5, 0.6) is 0 Å². The maximum atomic E-state index is 6.15. The molecule has 2 atom stereocenters. The molecule has 2 heterocycles. The van der Waals surface area contributed by atoms with Gasteiger partial charge in [-0.15, -0.1) is 0 Å². The van der Waals surface area contributed by atoms with E-state index in [9.17, 15) is 0 Å². The fraction of sp³-hybridized carbons (Fsp3) is 1.00. The van der Waals surface area contributed by atoms with Crippen LogP contribution in [0.25, 0.3) is 0 Å². The summed E-state index contributed by atoms with van der Waals surface area (Å²) in [5, 5.41) is 0. The van der Waals surface area contributed by atoms with E-state index >= 15 is 0 Å². The zero-order valence-corrected chi connectivity index (χ0v) is 20.7. The van der Waals surface area contributed by atoms with Crippen molar-refractivity contribution < 1.29 is 4.74 Å². The summed E-state index contributed by atoms with van der Waals surface area (Å²) in [7, 11) is 0. The van der Waals surface area contributed by atoms with E-state index in [1.54, 1.807) is 0 Å². The molecule has 0 aromatic carbocycles. The fourth-order valence-corrected chi connectivity index (χ4v) is 5.84. The van der Waals surface area contributed by atoms with E-state index in [1.807, 2.05) is 0 Å². The van der Waals surface area contributed by atoms with E-state index in [2.05, 4.69) is 70.1 Å². The first kappa shape index (κ1) is 23.5. The van der Waals surface area contributed by atoms with Crippen LogP contribution in [-0.4, -0.2) is 83.3 Å². The SMILES string of the molecule is CC1CN(CC2CCN(C(C)(C)C)CC2)CC(C)N1CC1CC(OC(C)(C)C)C1. The number of piperidine rings is 1. The Balaban J connectivity index is 1.39. The minimum atomic E-state index is 0.00484. The van der Waals surface area contributed by atoms with E-state index in [-0.39, 0.29) is 5.60 Å². The van der Waals surface area contributed by atoms with Gasteiger partial charge in [-0.25, -0.2) is 0 Å². The molecule has 0 aromatic rings. The van der Waals surface area contributed by atoms with Gasteiger partial charge in [0.05, 0.1) is 11.7 Å². The Hall–Kier alpha value is -0.160. The first-order valence-corrected chi connectivity index (χ1v) is 12.3. The number of nitrogens with zero attached hydrogens (tertiary/aromatic N) is 3. The fourth-order valence-electron chi connectivity index (χ4n) is 5.84. The second kappa shape index (κ2) is 9.14. The van der Waals surface area contributed by atoms with E-state index in [0.29, 0.717) is 23.7 Å². The van der Waals surface area contributed by atoms with E-state index < -0.39 is 0 Å². The van der Waals surface area contributed by atoms with Crippen LogP contribution in [0.15, 0.2) is 0 Å². The molecule has 0 amide bonds. The zero-order chi connectivity index (χ0) is 21.4. The number of piperazine rings is 1. The Bertz CT molecular complexity index is 497. The largest absolute Gasteiger partial charge is 0.373 e. The molecule has 1 aliphatic carbocycles. The first-order valence-electron chi connectivity index (χ1n) is 12.3. The van der Waals surface area contributed by atoms with Crippen LogP contribution in [0.3, 0.4) is 0 Å². The van der Waals surface area contributed by atoms with Crippen LogP contribution >= 0.6 is 0 Å². The molecule has 3 rings (SSSR count). The molecule has 4 nitrogen and oxygen atoms in total. The van der Waals surface area contributed by atoms with E-state index in [0.717, 1.165) is 11.8 Å². The van der Waals surface area contributed by atoms with Crippen LogP contribution < -0.4 is 0 Å². The minimum absolute atomic E-state index is 0.00484. The predicted molar refractivity (Wildman–Crippen MR) is 123 cm³/mol. The molecule has 4 heteroatoms. The average molecular weight is 408 g/mol. The Morgan fingerprint density at radius 3 is 1.83 bits per heavy atom. The molecule has 0 N–H and O–H groups in total. The molecule has 1 saturated carbocycles. The number of ether oxygens (including phenoxy) is 1. The van der Waals surface area contributed by atoms with Crippen LogP contribution in [0.1, 0.15) is 81.1 Å². The zero-order valence-electron chi connectivity index (χ0n) is 20.7. The normalized spacial score (nSPS) is 34.3. The second-order valence-electron chi connectivity index (χ2n) is 12.4. The molecular weight excluding hydrogens is 358 g/mol. The summed E-state index contributed by atoms with van der Waals surface area (Å²) in [6.45, 7) is 26.1. The molecule has 0 radical (unpaired) electrons. The van der Waals surface area contributed by atoms with Crippen molar-refractivity contribution in [3.05, 3.63) is 0 Å². The molecule has 0 aromatic heterocycles. The highest BCUT2D eigenvalue weighted by Gasteiger charge is 2.38. The highest BCUT2D eigenvalue weighted by atomic mass is 16.5. The van der Waals surface area contributed by atoms with E-state index in [4.69, 9.17) is 4.74 Å². The van der Waals surface area contributed by atoms with Gasteiger partial charge in [-0.3, -0.25) is 14.7 Å². The Kier molecular flexibility index (Phi) is 7.41. The van der Waals surface area contributed by atoms with Crippen molar-refractivity contribution in [1.29, 1.82) is 0 Å². The molecule has 3 aliphatic rings. The van der Waals surface area contributed by atoms with Gasteiger partial charge in [-0.1, -0.05) is 0 Å². The summed E-state index contributed by atoms with van der Waals surface area (Å²) in [5.74, 6) is 1.72. The van der Waals surface area contributed by atoms with Crippen molar-refractivity contribution in [2.24, 2.45) is 11.8 Å². The van der Waals surface area contributed by atoms with Crippen LogP contribution in [-0.2, 0) is 4.74 Å². The minimum Gasteiger partial charge on any atom is -0.373 e. The van der Waals surface area contributed by atoms with Gasteiger partial charge < -0.3 is 4.74 Å². The van der Waals surface area contributed by atoms with Crippen molar-refractivity contribution in [3.8, 4) is 0 Å². The third-order valence-electron chi connectivity index (χ3n) is 7.44. The van der Waals surface area contributed by atoms with Crippen molar-refractivity contribution in [2.75, 3.05) is 39.3 Å². The molecule has 0 bridgehead atoms. The monoisotopic (exact) mass is 407 g/mol. The average Bonchev–Trinajstić information content (AvgIpc) is 2.54. The molecular formula is C25H49N3O. The quantitative estimate of drug-likeness (QED) is 0.668. The molecule has 3 fully saturated rings. The predicted octanol–water partition coefficient (Wildman–Crippen LogP) is 4.49. The van der Waals surface area contributed by atoms with Crippen LogP contribution in [0.2, 0.25) is 0 Å². The van der Waals surface area contributed by atoms with Crippen LogP contribution in [0, 0.1) is 11.8 Å². The molecule has 170 valence electrons. The van der Waals surface area contributed by atoms with Gasteiger partial charge in [0.15, 0.2) is 0 Å². The maximum absolute atomic E-state index is 6.15. The number of rotatable bonds is 5. The van der Waals surface area contributed by atoms with Crippen molar-refractivity contribution in [3.63, 3.8) is 0 Å². The van der Waals surface area contributed by atoms with Gasteiger partial charge in [-0.05, 0) is 106 Å². The maximum Gasteiger partial charge on any atom is 0.0602 e. The lowest BCUT2D eigenvalue weighted by atomic mass is 9.80. The van der Waals surface area contributed by atoms with Gasteiger partial charge in [0, 0.05) is 43.8 Å². The third-order valence-corrected chi connectivity index (χ3v) is 7.44. The topological polar surface area (TPSA) is 19.0 Å². The first-order chi connectivity index (χ1) is 13.4. The van der Waals surface area contributed by atoms with Crippen molar-refractivity contribution in [1.82, 2.24) is 14.7 Å². The highest BCUT2D eigenvalue weighted by Crippen LogP contribution is 2.35. The summed E-state index contributed by atoms with van der Waals surface area (Å²) in [4.78, 5) is 8.23. The smallest absolute Gasteiger partial charge is 0.0602 e.